The number of carbonyl (C=O) groups excluding carboxylic acids is 1. The van der Waals surface area contributed by atoms with Gasteiger partial charge in [0.05, 0.1) is 16.6 Å². The number of β-amino-alcohol motifs (C(OH)–C–C–N with tert-alkyl or cyclic N) is 1. The van der Waals surface area contributed by atoms with E-state index in [1.165, 1.54) is 10.6 Å². The molecule has 4 rings (SSSR count). The Bertz CT molecular complexity index is 1070. The molecule has 3 heterocycles. The molecule has 2 aliphatic heterocycles. The van der Waals surface area contributed by atoms with Gasteiger partial charge in [-0.3, -0.25) is 4.57 Å². The van der Waals surface area contributed by atoms with Crippen LogP contribution in [0.2, 0.25) is 0 Å². The summed E-state index contributed by atoms with van der Waals surface area (Å²) < 4.78 is 22.2. The van der Waals surface area contributed by atoms with Crippen molar-refractivity contribution in [2.75, 3.05) is 39.4 Å². The van der Waals surface area contributed by atoms with Gasteiger partial charge in [-0.25, -0.2) is 18.5 Å². The van der Waals surface area contributed by atoms with Crippen molar-refractivity contribution in [2.45, 2.75) is 58.1 Å². The molecule has 0 atom stereocenters. The second kappa shape index (κ2) is 10.8. The molecular formula is C24H36ClFN4O4. The zero-order valence-corrected chi connectivity index (χ0v) is 21.0. The number of amides is 1. The molecule has 8 nitrogen and oxygen atoms in total. The van der Waals surface area contributed by atoms with Crippen LogP contribution < -0.4 is 11.0 Å². The number of rotatable bonds is 5. The second-order valence-electron chi connectivity index (χ2n) is 9.91. The van der Waals surface area contributed by atoms with Crippen LogP contribution in [0.3, 0.4) is 0 Å². The van der Waals surface area contributed by atoms with Gasteiger partial charge in [-0.15, -0.1) is 12.4 Å². The Labute approximate surface area is 205 Å². The number of hydrogen-bond donors (Lipinski definition) is 2. The Balaban J connectivity index is 0.00000324. The molecule has 0 saturated carbocycles. The number of nitrogens with zero attached hydrogens (tertiary/aromatic N) is 3. The largest absolute Gasteiger partial charge is 0.388 e. The minimum atomic E-state index is -0.668. The van der Waals surface area contributed by atoms with Gasteiger partial charge in [0.25, 0.3) is 0 Å². The second-order valence-corrected chi connectivity index (χ2v) is 9.91. The van der Waals surface area contributed by atoms with Crippen molar-refractivity contribution in [1.82, 2.24) is 19.4 Å². The summed E-state index contributed by atoms with van der Waals surface area (Å²) in [5.41, 5.74) is 0.157. The summed E-state index contributed by atoms with van der Waals surface area (Å²) in [5.74, 6) is -0.147. The van der Waals surface area contributed by atoms with Crippen LogP contribution in [0, 0.1) is 18.7 Å². The number of halogens is 2. The number of likely N-dealkylation sites (tertiary alicyclic amines) is 1. The first kappa shape index (κ1) is 26.7. The van der Waals surface area contributed by atoms with Gasteiger partial charge in [-0.2, -0.15) is 0 Å². The van der Waals surface area contributed by atoms with E-state index in [0.29, 0.717) is 56.1 Å². The van der Waals surface area contributed by atoms with Crippen molar-refractivity contribution >= 4 is 29.5 Å². The minimum Gasteiger partial charge on any atom is -0.388 e. The van der Waals surface area contributed by atoms with Crippen LogP contribution in [0.1, 0.15) is 51.1 Å². The number of imidazole rings is 1. The van der Waals surface area contributed by atoms with Crippen LogP contribution in [0.5, 0.6) is 0 Å². The predicted molar refractivity (Wildman–Crippen MR) is 131 cm³/mol. The first-order valence-electron chi connectivity index (χ1n) is 11.9. The first-order chi connectivity index (χ1) is 15.7. The van der Waals surface area contributed by atoms with Crippen molar-refractivity contribution < 1.29 is 19.0 Å². The molecule has 190 valence electrons. The summed E-state index contributed by atoms with van der Waals surface area (Å²) in [4.78, 5) is 28.3. The molecule has 0 aliphatic carbocycles. The highest BCUT2D eigenvalue weighted by molar-refractivity contribution is 5.90. The van der Waals surface area contributed by atoms with E-state index in [2.05, 4.69) is 10.2 Å². The van der Waals surface area contributed by atoms with Crippen LogP contribution in [0.4, 0.5) is 9.18 Å². The van der Waals surface area contributed by atoms with E-state index in [1.54, 1.807) is 13.0 Å². The summed E-state index contributed by atoms with van der Waals surface area (Å²) in [6.45, 7) is 9.43. The van der Waals surface area contributed by atoms with Crippen molar-refractivity contribution in [3.8, 4) is 0 Å². The fourth-order valence-electron chi connectivity index (χ4n) is 5.02. The Morgan fingerprint density at radius 2 is 1.88 bits per heavy atom. The van der Waals surface area contributed by atoms with Crippen molar-refractivity contribution in [1.29, 1.82) is 0 Å². The molecule has 1 aromatic heterocycles. The van der Waals surface area contributed by atoms with Gasteiger partial charge in [0.1, 0.15) is 5.82 Å². The Morgan fingerprint density at radius 1 is 1.24 bits per heavy atom. The molecule has 1 amide bonds. The summed E-state index contributed by atoms with van der Waals surface area (Å²) in [6.07, 6.45) is 3.15. The van der Waals surface area contributed by atoms with Crippen LogP contribution in [0.15, 0.2) is 16.9 Å². The molecule has 2 fully saturated rings. The molecule has 1 aromatic carbocycles. The number of piperidine rings is 1. The number of hydrogen-bond acceptors (Lipinski definition) is 5. The fraction of sp³-hybridized carbons (Fsp3) is 0.667. The monoisotopic (exact) mass is 498 g/mol. The van der Waals surface area contributed by atoms with Gasteiger partial charge in [-0.1, -0.05) is 0 Å². The fourth-order valence-corrected chi connectivity index (χ4v) is 5.02. The third-order valence-corrected chi connectivity index (χ3v) is 7.06. The molecule has 2 saturated heterocycles. The molecule has 2 aromatic rings. The lowest BCUT2D eigenvalue weighted by Gasteiger charge is -2.39. The van der Waals surface area contributed by atoms with Crippen LogP contribution >= 0.6 is 12.4 Å². The Morgan fingerprint density at radius 3 is 2.50 bits per heavy atom. The number of carbonyl (C=O) groups is 1. The van der Waals surface area contributed by atoms with E-state index in [9.17, 15) is 19.1 Å². The third kappa shape index (κ3) is 5.48. The van der Waals surface area contributed by atoms with Gasteiger partial charge >= 0.3 is 11.7 Å². The molecule has 0 unspecified atom stereocenters. The van der Waals surface area contributed by atoms with E-state index in [0.717, 1.165) is 30.5 Å². The molecule has 34 heavy (non-hydrogen) atoms. The smallest absolute Gasteiger partial charge is 0.337 e. The van der Waals surface area contributed by atoms with E-state index in [-0.39, 0.29) is 24.0 Å². The SMILES string of the molecule is Cc1cc2c(cc1F)n(C(=O)NCC1CCN(CC3(O)CCOCC3)CC1)c(=O)n2C(C)C.Cl. The maximum atomic E-state index is 14.3. The third-order valence-electron chi connectivity index (χ3n) is 7.06. The number of aryl methyl sites for hydroxylation is 1. The molecule has 0 bridgehead atoms. The topological polar surface area (TPSA) is 88.7 Å². The maximum Gasteiger partial charge on any atom is 0.337 e. The number of aromatic nitrogens is 2. The summed E-state index contributed by atoms with van der Waals surface area (Å²) in [5, 5.41) is 13.6. The molecule has 0 radical (unpaired) electrons. The Kier molecular flexibility index (Phi) is 8.44. The van der Waals surface area contributed by atoms with E-state index < -0.39 is 23.1 Å². The predicted octanol–water partition coefficient (Wildman–Crippen LogP) is 3.06. The van der Waals surface area contributed by atoms with Gasteiger partial charge in [0, 0.05) is 51.3 Å². The van der Waals surface area contributed by atoms with E-state index >= 15 is 0 Å². The molecular weight excluding hydrogens is 463 g/mol. The van der Waals surface area contributed by atoms with Gasteiger partial charge in [0.15, 0.2) is 0 Å². The van der Waals surface area contributed by atoms with Crippen LogP contribution in [0.25, 0.3) is 11.0 Å². The highest BCUT2D eigenvalue weighted by atomic mass is 35.5. The first-order valence-corrected chi connectivity index (χ1v) is 11.9. The quantitative estimate of drug-likeness (QED) is 0.661. The lowest BCUT2D eigenvalue weighted by molar-refractivity contribution is -0.0829. The number of aliphatic hydroxyl groups is 1. The maximum absolute atomic E-state index is 14.3. The average Bonchev–Trinajstić information content (AvgIpc) is 3.04. The van der Waals surface area contributed by atoms with Gasteiger partial charge in [0.2, 0.25) is 0 Å². The van der Waals surface area contributed by atoms with Crippen LogP contribution in [-0.2, 0) is 4.74 Å². The highest BCUT2D eigenvalue weighted by Gasteiger charge is 2.33. The average molecular weight is 499 g/mol. The van der Waals surface area contributed by atoms with Crippen LogP contribution in [-0.4, -0.2) is 70.2 Å². The van der Waals surface area contributed by atoms with E-state index in [1.807, 2.05) is 13.8 Å². The molecule has 2 N–H and O–H groups in total. The van der Waals surface area contributed by atoms with Crippen molar-refractivity contribution in [2.24, 2.45) is 5.92 Å². The number of fused-ring (bicyclic) bond motifs is 1. The molecule has 2 aliphatic rings. The van der Waals surface area contributed by atoms with Crippen molar-refractivity contribution in [3.63, 3.8) is 0 Å². The standard InChI is InChI=1S/C24H35FN4O4.ClH/c1-16(2)28-20-12-17(3)19(25)13-21(20)29(23(28)31)22(30)26-14-18-4-8-27(9-5-18)15-24(32)6-10-33-11-7-24;/h12-13,16,18,32H,4-11,14-15H2,1-3H3,(H,26,30);1H. The van der Waals surface area contributed by atoms with Gasteiger partial charge < -0.3 is 20.1 Å². The zero-order valence-electron chi connectivity index (χ0n) is 20.2. The summed E-state index contributed by atoms with van der Waals surface area (Å²) in [6, 6.07) is 2.21. The molecule has 0 spiro atoms. The summed E-state index contributed by atoms with van der Waals surface area (Å²) >= 11 is 0. The normalized spacial score (nSPS) is 19.4. The minimum absolute atomic E-state index is 0. The van der Waals surface area contributed by atoms with E-state index in [4.69, 9.17) is 4.74 Å². The lowest BCUT2D eigenvalue weighted by Crippen LogP contribution is -2.49. The molecule has 10 heteroatoms. The number of benzene rings is 1. The summed E-state index contributed by atoms with van der Waals surface area (Å²) in [7, 11) is 0. The van der Waals surface area contributed by atoms with Gasteiger partial charge in [-0.05, 0) is 64.3 Å². The highest BCUT2D eigenvalue weighted by Crippen LogP contribution is 2.25. The van der Waals surface area contributed by atoms with Crippen molar-refractivity contribution in [3.05, 3.63) is 34.0 Å². The lowest BCUT2D eigenvalue weighted by atomic mass is 9.91. The Hall–Kier alpha value is -1.94. The number of nitrogens with one attached hydrogen (secondary N) is 1. The zero-order chi connectivity index (χ0) is 23.8. The number of ether oxygens (including phenoxy) is 1.